The minimum atomic E-state index is -0.716. The Hall–Kier alpha value is -3.14. The van der Waals surface area contributed by atoms with Gasteiger partial charge in [0, 0.05) is 12.8 Å². The minimum Gasteiger partial charge on any atom is -0.481 e. The summed E-state index contributed by atoms with van der Waals surface area (Å²) >= 11 is 0. The van der Waals surface area contributed by atoms with Crippen molar-refractivity contribution in [2.45, 2.75) is 193 Å². The van der Waals surface area contributed by atoms with Crippen LogP contribution in [0.3, 0.4) is 0 Å². The van der Waals surface area contributed by atoms with Crippen molar-refractivity contribution < 1.29 is 19.4 Å². The molecule has 1 atom stereocenters. The summed E-state index contributed by atoms with van der Waals surface area (Å²) in [5, 5.41) is 8.84. The van der Waals surface area contributed by atoms with Crippen molar-refractivity contribution in [3.05, 3.63) is 97.2 Å². The van der Waals surface area contributed by atoms with E-state index in [1.807, 2.05) is 0 Å². The molecular weight excluding hydrogens is 641 g/mol. The molecule has 52 heavy (non-hydrogen) atoms. The number of hydrogen-bond acceptors (Lipinski definition) is 3. The predicted molar refractivity (Wildman–Crippen MR) is 227 cm³/mol. The molecule has 294 valence electrons. The first-order valence-electron chi connectivity index (χ1n) is 21.2. The molecule has 0 fully saturated rings. The van der Waals surface area contributed by atoms with Gasteiger partial charge in [-0.2, -0.15) is 0 Å². The van der Waals surface area contributed by atoms with Crippen molar-refractivity contribution in [3.8, 4) is 0 Å². The number of carbonyl (C=O) groups excluding carboxylic acids is 1. The van der Waals surface area contributed by atoms with Crippen molar-refractivity contribution >= 4 is 11.9 Å². The highest BCUT2D eigenvalue weighted by molar-refractivity contribution is 5.69. The summed E-state index contributed by atoms with van der Waals surface area (Å²) in [4.78, 5) is 23.4. The Labute approximate surface area is 321 Å². The minimum absolute atomic E-state index is 0.0144. The average molecular weight is 719 g/mol. The number of carbonyl (C=O) groups is 2. The molecule has 1 N–H and O–H groups in total. The van der Waals surface area contributed by atoms with Crippen LogP contribution in [0.2, 0.25) is 0 Å². The lowest BCUT2D eigenvalue weighted by atomic mass is 10.0. The quantitative estimate of drug-likeness (QED) is 0.0395. The molecule has 0 aliphatic carbocycles. The van der Waals surface area contributed by atoms with Crippen LogP contribution in [0.15, 0.2) is 97.2 Å². The fourth-order valence-corrected chi connectivity index (χ4v) is 5.71. The normalized spacial score (nSPS) is 13.3. The number of ether oxygens (including phenoxy) is 1. The summed E-state index contributed by atoms with van der Waals surface area (Å²) in [6.45, 7) is 4.42. The van der Waals surface area contributed by atoms with Crippen molar-refractivity contribution in [2.24, 2.45) is 0 Å². The first-order chi connectivity index (χ1) is 25.6. The third-order valence-corrected chi connectivity index (χ3v) is 8.80. The zero-order valence-electron chi connectivity index (χ0n) is 33.6. The fraction of sp³-hybridized carbons (Fsp3) is 0.625. The van der Waals surface area contributed by atoms with Crippen LogP contribution < -0.4 is 0 Å². The number of aliphatic carboxylic acids is 1. The summed E-state index contributed by atoms with van der Waals surface area (Å²) in [7, 11) is 0. The number of unbranched alkanes of at least 4 members (excludes halogenated alkanes) is 12. The molecule has 0 aliphatic rings. The molecular formula is C48H78O4. The Balaban J connectivity index is 4.26. The van der Waals surface area contributed by atoms with E-state index < -0.39 is 5.97 Å². The molecule has 0 heterocycles. The van der Waals surface area contributed by atoms with E-state index in [1.165, 1.54) is 44.9 Å². The summed E-state index contributed by atoms with van der Waals surface area (Å²) in [6.07, 6.45) is 62.8. The first kappa shape index (κ1) is 48.9. The van der Waals surface area contributed by atoms with E-state index in [9.17, 15) is 9.59 Å². The van der Waals surface area contributed by atoms with Gasteiger partial charge in [-0.3, -0.25) is 9.59 Å². The van der Waals surface area contributed by atoms with Gasteiger partial charge in [0.15, 0.2) is 0 Å². The number of hydrogen-bond donors (Lipinski definition) is 1. The summed E-state index contributed by atoms with van der Waals surface area (Å²) in [6, 6.07) is 0. The van der Waals surface area contributed by atoms with Crippen molar-refractivity contribution in [1.82, 2.24) is 0 Å². The second-order valence-electron chi connectivity index (χ2n) is 13.8. The summed E-state index contributed by atoms with van der Waals surface area (Å²) in [5.41, 5.74) is 0. The van der Waals surface area contributed by atoms with Crippen LogP contribution in [-0.4, -0.2) is 23.1 Å². The van der Waals surface area contributed by atoms with Crippen LogP contribution in [0.1, 0.15) is 187 Å². The molecule has 0 bridgehead atoms. The maximum absolute atomic E-state index is 12.7. The first-order valence-corrected chi connectivity index (χ1v) is 21.2. The maximum atomic E-state index is 12.7. The Bertz CT molecular complexity index is 1040. The van der Waals surface area contributed by atoms with E-state index in [4.69, 9.17) is 9.84 Å². The van der Waals surface area contributed by atoms with E-state index in [2.05, 4.69) is 111 Å². The SMILES string of the molecule is CC/C=C\C/C=C\C/C=C\C/C=C\C/C=C\C/C=C\CCC(=O)OC(CCCCC/C=C\C/C=C\CCCCCCC)CCCCCCCC(=O)O. The van der Waals surface area contributed by atoms with Gasteiger partial charge in [0.1, 0.15) is 6.10 Å². The molecule has 0 aromatic rings. The second-order valence-corrected chi connectivity index (χ2v) is 13.8. The van der Waals surface area contributed by atoms with Crippen molar-refractivity contribution in [1.29, 1.82) is 0 Å². The smallest absolute Gasteiger partial charge is 0.306 e. The van der Waals surface area contributed by atoms with E-state index in [1.54, 1.807) is 0 Å². The highest BCUT2D eigenvalue weighted by Crippen LogP contribution is 2.17. The number of esters is 1. The van der Waals surface area contributed by atoms with Crippen LogP contribution in [-0.2, 0) is 14.3 Å². The number of carboxylic acid groups (broad SMARTS) is 1. The van der Waals surface area contributed by atoms with Gasteiger partial charge in [0.2, 0.25) is 0 Å². The lowest BCUT2D eigenvalue weighted by Crippen LogP contribution is -2.18. The van der Waals surface area contributed by atoms with Gasteiger partial charge in [0.25, 0.3) is 0 Å². The summed E-state index contributed by atoms with van der Waals surface area (Å²) in [5.74, 6) is -0.810. The molecule has 0 amide bonds. The molecule has 0 aromatic carbocycles. The highest BCUT2D eigenvalue weighted by Gasteiger charge is 2.14. The van der Waals surface area contributed by atoms with Gasteiger partial charge in [-0.25, -0.2) is 0 Å². The number of allylic oxidation sites excluding steroid dienone is 16. The van der Waals surface area contributed by atoms with E-state index in [0.717, 1.165) is 109 Å². The second kappa shape index (κ2) is 42.3. The molecule has 1 unspecified atom stereocenters. The van der Waals surface area contributed by atoms with Crippen LogP contribution >= 0.6 is 0 Å². The van der Waals surface area contributed by atoms with E-state index in [-0.39, 0.29) is 18.5 Å². The van der Waals surface area contributed by atoms with Crippen LogP contribution in [0, 0.1) is 0 Å². The molecule has 0 aliphatic heterocycles. The van der Waals surface area contributed by atoms with Crippen LogP contribution in [0.25, 0.3) is 0 Å². The Morgan fingerprint density at radius 2 is 0.827 bits per heavy atom. The molecule has 4 heteroatoms. The Kier molecular flexibility index (Phi) is 39.7. The van der Waals surface area contributed by atoms with Gasteiger partial charge in [-0.05, 0) is 109 Å². The molecule has 0 spiro atoms. The average Bonchev–Trinajstić information content (AvgIpc) is 3.13. The zero-order valence-corrected chi connectivity index (χ0v) is 33.6. The van der Waals surface area contributed by atoms with Gasteiger partial charge in [-0.15, -0.1) is 0 Å². The topological polar surface area (TPSA) is 63.6 Å². The Morgan fingerprint density at radius 1 is 0.442 bits per heavy atom. The lowest BCUT2D eigenvalue weighted by molar-refractivity contribution is -0.149. The standard InChI is InChI=1S/C48H78O4/c1-3-5-7-9-11-13-15-17-19-20-21-22-24-26-28-30-32-37-41-45-48(51)52-46(43-39-35-33-36-40-44-47(49)50)42-38-34-31-29-27-25-23-18-16-14-12-10-8-6-4-2/h5,7,11,13,16-19,21-22,25-28,32,37,46H,3-4,6,8-10,12,14-15,20,23-24,29-31,33-36,38-45H2,1-2H3,(H,49,50)/b7-5-,13-11-,18-16-,19-17-,22-21-,27-25-,28-26-,37-32-. The Morgan fingerprint density at radius 3 is 1.31 bits per heavy atom. The van der Waals surface area contributed by atoms with Crippen molar-refractivity contribution in [3.63, 3.8) is 0 Å². The van der Waals surface area contributed by atoms with Gasteiger partial charge < -0.3 is 9.84 Å². The number of carboxylic acids is 1. The molecule has 0 saturated carbocycles. The number of rotatable bonds is 37. The lowest BCUT2D eigenvalue weighted by Gasteiger charge is -2.18. The third-order valence-electron chi connectivity index (χ3n) is 8.80. The van der Waals surface area contributed by atoms with Gasteiger partial charge in [0.05, 0.1) is 0 Å². The molecule has 4 nitrogen and oxygen atoms in total. The van der Waals surface area contributed by atoms with E-state index >= 15 is 0 Å². The monoisotopic (exact) mass is 719 g/mol. The highest BCUT2D eigenvalue weighted by atomic mass is 16.5. The summed E-state index contributed by atoms with van der Waals surface area (Å²) < 4.78 is 5.96. The molecule has 0 saturated heterocycles. The molecule has 0 radical (unpaired) electrons. The van der Waals surface area contributed by atoms with Gasteiger partial charge >= 0.3 is 11.9 Å². The maximum Gasteiger partial charge on any atom is 0.306 e. The van der Waals surface area contributed by atoms with E-state index in [0.29, 0.717) is 12.8 Å². The largest absolute Gasteiger partial charge is 0.481 e. The molecule has 0 rings (SSSR count). The van der Waals surface area contributed by atoms with Crippen LogP contribution in [0.5, 0.6) is 0 Å². The predicted octanol–water partition coefficient (Wildman–Crippen LogP) is 15.0. The third kappa shape index (κ3) is 41.3. The van der Waals surface area contributed by atoms with Crippen LogP contribution in [0.4, 0.5) is 0 Å². The zero-order chi connectivity index (χ0) is 37.8. The van der Waals surface area contributed by atoms with Crippen molar-refractivity contribution in [2.75, 3.05) is 0 Å². The van der Waals surface area contributed by atoms with Gasteiger partial charge in [-0.1, -0.05) is 162 Å². The molecule has 0 aromatic heterocycles. The fourth-order valence-electron chi connectivity index (χ4n) is 5.71.